The highest BCUT2D eigenvalue weighted by molar-refractivity contribution is 7.99. The van der Waals surface area contributed by atoms with Crippen molar-refractivity contribution in [1.82, 2.24) is 9.55 Å². The molecule has 18 heavy (non-hydrogen) atoms. The Bertz CT molecular complexity index is 618. The Morgan fingerprint density at radius 1 is 1.56 bits per heavy atom. The first-order valence-electron chi connectivity index (χ1n) is 5.15. The van der Waals surface area contributed by atoms with Gasteiger partial charge in [-0.05, 0) is 12.1 Å². The van der Waals surface area contributed by atoms with Crippen LogP contribution in [0.5, 0.6) is 0 Å². The van der Waals surface area contributed by atoms with Crippen LogP contribution in [0.2, 0.25) is 0 Å². The van der Waals surface area contributed by atoms with Gasteiger partial charge in [0, 0.05) is 11.9 Å². The zero-order chi connectivity index (χ0) is 13.1. The number of hydrogen-bond donors (Lipinski definition) is 1. The molecule has 1 N–H and O–H groups in total. The van der Waals surface area contributed by atoms with Gasteiger partial charge in [-0.15, -0.1) is 0 Å². The van der Waals surface area contributed by atoms with Crippen LogP contribution in [0.1, 0.15) is 11.3 Å². The molecule has 92 valence electrons. The molecule has 0 saturated heterocycles. The molecule has 0 aliphatic heterocycles. The second-order valence-electron chi connectivity index (χ2n) is 3.58. The summed E-state index contributed by atoms with van der Waals surface area (Å²) in [5.74, 6) is -0.543. The molecule has 1 aromatic heterocycles. The highest BCUT2D eigenvalue weighted by atomic mass is 32.2. The first kappa shape index (κ1) is 12.6. The smallest absolute Gasteiger partial charge is 0.172 e. The first-order chi connectivity index (χ1) is 8.67. The van der Waals surface area contributed by atoms with Gasteiger partial charge in [-0.2, -0.15) is 5.26 Å². The zero-order valence-corrected chi connectivity index (χ0v) is 10.4. The van der Waals surface area contributed by atoms with Crippen molar-refractivity contribution in [2.75, 3.05) is 0 Å². The molecule has 0 bridgehead atoms. The Labute approximate surface area is 108 Å². The highest BCUT2D eigenvalue weighted by Crippen LogP contribution is 2.30. The monoisotopic (exact) mass is 263 g/mol. The Morgan fingerprint density at radius 2 is 2.33 bits per heavy atom. The van der Waals surface area contributed by atoms with E-state index in [0.29, 0.717) is 15.7 Å². The maximum atomic E-state index is 13.4. The number of hydrogen-bond acceptors (Lipinski definition) is 4. The highest BCUT2D eigenvalue weighted by Gasteiger charge is 2.12. The molecule has 0 spiro atoms. The summed E-state index contributed by atoms with van der Waals surface area (Å²) in [5.41, 5.74) is 0.670. The van der Waals surface area contributed by atoms with Crippen molar-refractivity contribution in [1.29, 1.82) is 5.26 Å². The third kappa shape index (κ3) is 2.23. The maximum Gasteiger partial charge on any atom is 0.172 e. The zero-order valence-electron chi connectivity index (χ0n) is 9.59. The summed E-state index contributed by atoms with van der Waals surface area (Å²) in [6, 6.07) is 6.31. The molecule has 0 aliphatic carbocycles. The van der Waals surface area contributed by atoms with Crippen LogP contribution < -0.4 is 0 Å². The van der Waals surface area contributed by atoms with E-state index in [0.717, 1.165) is 0 Å². The van der Waals surface area contributed by atoms with E-state index in [1.165, 1.54) is 17.8 Å². The Morgan fingerprint density at radius 3 is 2.94 bits per heavy atom. The molecule has 0 radical (unpaired) electrons. The van der Waals surface area contributed by atoms with Crippen molar-refractivity contribution in [3.8, 4) is 6.07 Å². The fourth-order valence-electron chi connectivity index (χ4n) is 1.46. The van der Waals surface area contributed by atoms with Gasteiger partial charge in [0.2, 0.25) is 0 Å². The lowest BCUT2D eigenvalue weighted by molar-refractivity contribution is 0.271. The lowest BCUT2D eigenvalue weighted by Gasteiger charge is -2.05. The maximum absolute atomic E-state index is 13.4. The standard InChI is InChI=1S/C12H10FN3OS/c1-16-8(7-17)6-15-12(16)18-11-4-2-3-10(13)9(11)5-14/h2-4,6,17H,7H2,1H3. The average Bonchev–Trinajstić information content (AvgIpc) is 2.71. The van der Waals surface area contributed by atoms with Gasteiger partial charge in [-0.25, -0.2) is 9.37 Å². The van der Waals surface area contributed by atoms with E-state index in [-0.39, 0.29) is 12.2 Å². The lowest BCUT2D eigenvalue weighted by Crippen LogP contribution is -1.97. The Balaban J connectivity index is 2.38. The van der Waals surface area contributed by atoms with Crippen LogP contribution in [0.15, 0.2) is 34.4 Å². The number of imidazole rings is 1. The van der Waals surface area contributed by atoms with Crippen LogP contribution in [0.25, 0.3) is 0 Å². The number of aromatic nitrogens is 2. The van der Waals surface area contributed by atoms with Crippen molar-refractivity contribution < 1.29 is 9.50 Å². The summed E-state index contributed by atoms with van der Waals surface area (Å²) in [7, 11) is 1.76. The largest absolute Gasteiger partial charge is 0.390 e. The second-order valence-corrected chi connectivity index (χ2v) is 4.59. The van der Waals surface area contributed by atoms with Crippen molar-refractivity contribution >= 4 is 11.8 Å². The summed E-state index contributed by atoms with van der Waals surface area (Å²) < 4.78 is 15.1. The SMILES string of the molecule is Cn1c(CO)cnc1Sc1cccc(F)c1C#N. The quantitative estimate of drug-likeness (QED) is 0.921. The predicted molar refractivity (Wildman–Crippen MR) is 64.4 cm³/mol. The molecule has 2 rings (SSSR count). The number of aliphatic hydroxyl groups is 1. The third-order valence-corrected chi connectivity index (χ3v) is 3.61. The number of halogens is 1. The molecule has 0 fully saturated rings. The van der Waals surface area contributed by atoms with Crippen molar-refractivity contribution in [2.24, 2.45) is 7.05 Å². The van der Waals surface area contributed by atoms with Crippen LogP contribution in [0, 0.1) is 17.1 Å². The van der Waals surface area contributed by atoms with Gasteiger partial charge in [0.1, 0.15) is 17.4 Å². The van der Waals surface area contributed by atoms with Gasteiger partial charge >= 0.3 is 0 Å². The number of nitriles is 1. The molecule has 0 aliphatic rings. The normalized spacial score (nSPS) is 10.3. The molecule has 0 amide bonds. The van der Waals surface area contributed by atoms with Gasteiger partial charge in [0.25, 0.3) is 0 Å². The van der Waals surface area contributed by atoms with E-state index in [1.807, 2.05) is 6.07 Å². The van der Waals surface area contributed by atoms with E-state index in [2.05, 4.69) is 4.98 Å². The topological polar surface area (TPSA) is 61.8 Å². The Kier molecular flexibility index (Phi) is 3.65. The summed E-state index contributed by atoms with van der Waals surface area (Å²) in [6.07, 6.45) is 1.55. The third-order valence-electron chi connectivity index (χ3n) is 2.49. The van der Waals surface area contributed by atoms with Crippen LogP contribution in [0.3, 0.4) is 0 Å². The number of aliphatic hydroxyl groups excluding tert-OH is 1. The number of benzene rings is 1. The number of nitrogens with zero attached hydrogens (tertiary/aromatic N) is 3. The minimum Gasteiger partial charge on any atom is -0.390 e. The van der Waals surface area contributed by atoms with E-state index < -0.39 is 5.82 Å². The van der Waals surface area contributed by atoms with Crippen molar-refractivity contribution in [3.63, 3.8) is 0 Å². The molecule has 0 saturated carbocycles. The summed E-state index contributed by atoms with van der Waals surface area (Å²) >= 11 is 1.19. The average molecular weight is 263 g/mol. The van der Waals surface area contributed by atoms with Gasteiger partial charge in [-0.1, -0.05) is 17.8 Å². The summed E-state index contributed by atoms with van der Waals surface area (Å²) in [4.78, 5) is 4.63. The van der Waals surface area contributed by atoms with E-state index in [1.54, 1.807) is 29.9 Å². The molecular formula is C12H10FN3OS. The Hall–Kier alpha value is -1.84. The molecule has 1 aromatic carbocycles. The molecule has 0 atom stereocenters. The van der Waals surface area contributed by atoms with E-state index in [4.69, 9.17) is 10.4 Å². The fraction of sp³-hybridized carbons (Fsp3) is 0.167. The van der Waals surface area contributed by atoms with E-state index in [9.17, 15) is 4.39 Å². The van der Waals surface area contributed by atoms with Crippen LogP contribution in [-0.4, -0.2) is 14.7 Å². The van der Waals surface area contributed by atoms with Gasteiger partial charge in [0.15, 0.2) is 5.16 Å². The van der Waals surface area contributed by atoms with Crippen LogP contribution >= 0.6 is 11.8 Å². The first-order valence-corrected chi connectivity index (χ1v) is 5.97. The van der Waals surface area contributed by atoms with Crippen LogP contribution in [-0.2, 0) is 13.7 Å². The second kappa shape index (κ2) is 5.21. The van der Waals surface area contributed by atoms with Crippen LogP contribution in [0.4, 0.5) is 4.39 Å². The predicted octanol–water partition coefficient (Wildman–Crippen LogP) is 2.07. The lowest BCUT2D eigenvalue weighted by atomic mass is 10.2. The van der Waals surface area contributed by atoms with Crippen molar-refractivity contribution in [3.05, 3.63) is 41.5 Å². The van der Waals surface area contributed by atoms with Gasteiger partial charge in [-0.3, -0.25) is 0 Å². The molecule has 0 unspecified atom stereocenters. The number of rotatable bonds is 3. The van der Waals surface area contributed by atoms with E-state index >= 15 is 0 Å². The molecular weight excluding hydrogens is 253 g/mol. The summed E-state index contributed by atoms with van der Waals surface area (Å²) in [6.45, 7) is -0.113. The van der Waals surface area contributed by atoms with Gasteiger partial charge < -0.3 is 9.67 Å². The minimum atomic E-state index is -0.543. The minimum absolute atomic E-state index is 0.0102. The van der Waals surface area contributed by atoms with Gasteiger partial charge in [0.05, 0.1) is 18.5 Å². The molecule has 6 heteroatoms. The van der Waals surface area contributed by atoms with Crippen molar-refractivity contribution in [2.45, 2.75) is 16.7 Å². The molecule has 2 aromatic rings. The summed E-state index contributed by atoms with van der Waals surface area (Å²) in [5, 5.41) is 18.6. The molecule has 4 nitrogen and oxygen atoms in total. The molecule has 1 heterocycles. The fourth-order valence-corrected chi connectivity index (χ4v) is 2.41.